The van der Waals surface area contributed by atoms with Crippen molar-refractivity contribution in [1.29, 1.82) is 0 Å². The lowest BCUT2D eigenvalue weighted by Crippen LogP contribution is -2.46. The second-order valence-electron chi connectivity index (χ2n) is 5.60. The smallest absolute Gasteiger partial charge is 0.262 e. The van der Waals surface area contributed by atoms with Crippen molar-refractivity contribution in [2.75, 3.05) is 13.2 Å². The van der Waals surface area contributed by atoms with E-state index in [1.54, 1.807) is 0 Å². The Morgan fingerprint density at radius 2 is 2.10 bits per heavy atom. The first-order valence-corrected chi connectivity index (χ1v) is 7.13. The van der Waals surface area contributed by atoms with E-state index in [0.29, 0.717) is 13.0 Å². The monoisotopic (exact) mass is 296 g/mol. The van der Waals surface area contributed by atoms with Crippen molar-refractivity contribution < 1.29 is 18.3 Å². The van der Waals surface area contributed by atoms with Gasteiger partial charge in [0, 0.05) is 13.0 Å². The molecule has 0 radical (unpaired) electrons. The second-order valence-corrected chi connectivity index (χ2v) is 5.60. The topological polar surface area (TPSA) is 50.4 Å². The third kappa shape index (κ3) is 3.22. The molecule has 114 valence electrons. The first kappa shape index (κ1) is 14.4. The van der Waals surface area contributed by atoms with Crippen molar-refractivity contribution >= 4 is 5.91 Å². The summed E-state index contributed by atoms with van der Waals surface area (Å²) < 4.78 is 32.0. The van der Waals surface area contributed by atoms with E-state index in [2.05, 4.69) is 10.6 Å². The van der Waals surface area contributed by atoms with Gasteiger partial charge in [-0.3, -0.25) is 10.1 Å². The lowest BCUT2D eigenvalue weighted by Gasteiger charge is -2.22. The standard InChI is InChI=1S/C15H18F2N2O2/c16-15(17)8-12(18-9-15)14(20)19-11-6-7-21-13(11)10-4-2-1-3-5-10/h1-5,11-13,18H,6-9H2,(H,19,20). The largest absolute Gasteiger partial charge is 0.371 e. The first-order valence-electron chi connectivity index (χ1n) is 7.13. The van der Waals surface area contributed by atoms with Crippen molar-refractivity contribution in [2.45, 2.75) is 37.0 Å². The molecule has 2 aliphatic heterocycles. The first-order chi connectivity index (χ1) is 10.1. The minimum atomic E-state index is -2.80. The fourth-order valence-electron chi connectivity index (χ4n) is 2.89. The molecule has 2 saturated heterocycles. The molecule has 1 aromatic carbocycles. The fraction of sp³-hybridized carbons (Fsp3) is 0.533. The van der Waals surface area contributed by atoms with Crippen molar-refractivity contribution in [3.63, 3.8) is 0 Å². The van der Waals surface area contributed by atoms with Crippen molar-refractivity contribution in [3.8, 4) is 0 Å². The Bertz CT molecular complexity index is 510. The number of hydrogen-bond acceptors (Lipinski definition) is 3. The van der Waals surface area contributed by atoms with Gasteiger partial charge in [-0.25, -0.2) is 8.78 Å². The zero-order valence-electron chi connectivity index (χ0n) is 11.5. The van der Waals surface area contributed by atoms with E-state index in [1.807, 2.05) is 30.3 Å². The van der Waals surface area contributed by atoms with Gasteiger partial charge in [0.1, 0.15) is 6.10 Å². The zero-order valence-corrected chi connectivity index (χ0v) is 11.5. The maximum atomic E-state index is 13.1. The number of halogens is 2. The number of carbonyl (C=O) groups excluding carboxylic acids is 1. The van der Waals surface area contributed by atoms with Gasteiger partial charge in [-0.2, -0.15) is 0 Å². The van der Waals surface area contributed by atoms with Gasteiger partial charge in [0.15, 0.2) is 0 Å². The molecule has 2 aliphatic rings. The summed E-state index contributed by atoms with van der Waals surface area (Å²) >= 11 is 0. The Kier molecular flexibility index (Phi) is 3.91. The molecule has 21 heavy (non-hydrogen) atoms. The number of carbonyl (C=O) groups is 1. The number of nitrogens with one attached hydrogen (secondary N) is 2. The van der Waals surface area contributed by atoms with Gasteiger partial charge in [-0.05, 0) is 12.0 Å². The third-order valence-electron chi connectivity index (χ3n) is 3.97. The van der Waals surface area contributed by atoms with Crippen molar-refractivity contribution in [3.05, 3.63) is 35.9 Å². The van der Waals surface area contributed by atoms with E-state index in [-0.39, 0.29) is 18.1 Å². The molecule has 0 aromatic heterocycles. The number of hydrogen-bond donors (Lipinski definition) is 2. The zero-order chi connectivity index (χ0) is 14.9. The highest BCUT2D eigenvalue weighted by molar-refractivity contribution is 5.82. The maximum Gasteiger partial charge on any atom is 0.262 e. The van der Waals surface area contributed by atoms with Gasteiger partial charge in [-0.15, -0.1) is 0 Å². The molecule has 0 aliphatic carbocycles. The number of alkyl halides is 2. The van der Waals surface area contributed by atoms with Crippen LogP contribution >= 0.6 is 0 Å². The van der Waals surface area contributed by atoms with E-state index in [1.165, 1.54) is 0 Å². The summed E-state index contributed by atoms with van der Waals surface area (Å²) in [5.74, 6) is -3.17. The molecule has 2 N–H and O–H groups in total. The Hall–Kier alpha value is -1.53. The predicted octanol–water partition coefficient (Wildman–Crippen LogP) is 1.63. The summed E-state index contributed by atoms with van der Waals surface area (Å²) in [4.78, 5) is 12.1. The highest BCUT2D eigenvalue weighted by Gasteiger charge is 2.43. The van der Waals surface area contributed by atoms with Gasteiger partial charge >= 0.3 is 0 Å². The number of amides is 1. The normalized spacial score (nSPS) is 31.2. The van der Waals surface area contributed by atoms with Gasteiger partial charge in [-0.1, -0.05) is 30.3 Å². The van der Waals surface area contributed by atoms with Crippen LogP contribution in [-0.2, 0) is 9.53 Å². The maximum absolute atomic E-state index is 13.1. The second kappa shape index (κ2) is 5.69. The Balaban J connectivity index is 1.63. The highest BCUT2D eigenvalue weighted by atomic mass is 19.3. The number of ether oxygens (including phenoxy) is 1. The van der Waals surface area contributed by atoms with E-state index >= 15 is 0 Å². The van der Waals surface area contributed by atoms with Gasteiger partial charge in [0.05, 0.1) is 18.6 Å². The molecule has 2 fully saturated rings. The van der Waals surface area contributed by atoms with E-state index in [0.717, 1.165) is 5.56 Å². The molecule has 0 spiro atoms. The average molecular weight is 296 g/mol. The molecule has 1 aromatic rings. The van der Waals surface area contributed by atoms with Crippen molar-refractivity contribution in [1.82, 2.24) is 10.6 Å². The molecule has 3 unspecified atom stereocenters. The van der Waals surface area contributed by atoms with Gasteiger partial charge in [0.25, 0.3) is 5.92 Å². The molecule has 1 amide bonds. The molecular formula is C15H18F2N2O2. The minimum absolute atomic E-state index is 0.170. The van der Waals surface area contributed by atoms with Crippen LogP contribution in [0.4, 0.5) is 8.78 Å². The lowest BCUT2D eigenvalue weighted by atomic mass is 10.0. The van der Waals surface area contributed by atoms with Gasteiger partial charge in [0.2, 0.25) is 5.91 Å². The molecule has 6 heteroatoms. The Morgan fingerprint density at radius 3 is 2.76 bits per heavy atom. The van der Waals surface area contributed by atoms with Crippen LogP contribution in [0.15, 0.2) is 30.3 Å². The van der Waals surface area contributed by atoms with E-state index < -0.39 is 24.9 Å². The summed E-state index contributed by atoms with van der Waals surface area (Å²) in [6, 6.07) is 8.63. The van der Waals surface area contributed by atoms with E-state index in [4.69, 9.17) is 4.74 Å². The van der Waals surface area contributed by atoms with Crippen LogP contribution < -0.4 is 10.6 Å². The van der Waals surface area contributed by atoms with Gasteiger partial charge < -0.3 is 10.1 Å². The fourth-order valence-corrected chi connectivity index (χ4v) is 2.89. The average Bonchev–Trinajstić information content (AvgIpc) is 3.06. The molecule has 0 saturated carbocycles. The Morgan fingerprint density at radius 1 is 1.33 bits per heavy atom. The van der Waals surface area contributed by atoms with Crippen LogP contribution in [0, 0.1) is 0 Å². The van der Waals surface area contributed by atoms with Crippen LogP contribution in [0.5, 0.6) is 0 Å². The molecule has 0 bridgehead atoms. The molecule has 2 heterocycles. The van der Waals surface area contributed by atoms with E-state index in [9.17, 15) is 13.6 Å². The highest BCUT2D eigenvalue weighted by Crippen LogP contribution is 2.30. The van der Waals surface area contributed by atoms with Crippen LogP contribution in [0.25, 0.3) is 0 Å². The van der Waals surface area contributed by atoms with Crippen LogP contribution in [0.1, 0.15) is 24.5 Å². The lowest BCUT2D eigenvalue weighted by molar-refractivity contribution is -0.124. The molecular weight excluding hydrogens is 278 g/mol. The molecule has 3 rings (SSSR count). The predicted molar refractivity (Wildman–Crippen MR) is 73.0 cm³/mol. The molecule has 4 nitrogen and oxygen atoms in total. The summed E-state index contributed by atoms with van der Waals surface area (Å²) in [5.41, 5.74) is 0.991. The summed E-state index contributed by atoms with van der Waals surface area (Å²) in [6.07, 6.45) is 0.0358. The molecule has 3 atom stereocenters. The minimum Gasteiger partial charge on any atom is -0.371 e. The summed E-state index contributed by atoms with van der Waals surface area (Å²) in [7, 11) is 0. The van der Waals surface area contributed by atoms with Crippen LogP contribution in [0.3, 0.4) is 0 Å². The summed E-state index contributed by atoms with van der Waals surface area (Å²) in [6.45, 7) is 0.118. The van der Waals surface area contributed by atoms with Crippen LogP contribution in [-0.4, -0.2) is 37.1 Å². The summed E-state index contributed by atoms with van der Waals surface area (Å²) in [5, 5.41) is 5.42. The Labute approximate surface area is 121 Å². The third-order valence-corrected chi connectivity index (χ3v) is 3.97. The SMILES string of the molecule is O=C(NC1CCOC1c1ccccc1)C1CC(F)(F)CN1. The number of benzene rings is 1. The van der Waals surface area contributed by atoms with Crippen molar-refractivity contribution in [2.24, 2.45) is 0 Å². The van der Waals surface area contributed by atoms with Crippen LogP contribution in [0.2, 0.25) is 0 Å². The quantitative estimate of drug-likeness (QED) is 0.891. The number of rotatable bonds is 3.